The first-order chi connectivity index (χ1) is 36.6. The van der Waals surface area contributed by atoms with Gasteiger partial charge in [0.25, 0.3) is 0 Å². The van der Waals surface area contributed by atoms with E-state index in [9.17, 15) is 0 Å². The Bertz CT molecular complexity index is 2080. The number of unbranched alkanes of at least 4 members (excludes halogenated alkanes) is 3. The van der Waals surface area contributed by atoms with Crippen molar-refractivity contribution in [1.82, 2.24) is 21.3 Å². The third-order valence-electron chi connectivity index (χ3n) is 10.3. The number of nitrogens with one attached hydrogen (secondary N) is 8. The molecule has 2 fully saturated rings. The van der Waals surface area contributed by atoms with Crippen LogP contribution in [0.25, 0.3) is 11.1 Å². The highest BCUT2D eigenvalue weighted by Gasteiger charge is 2.04. The Morgan fingerprint density at radius 3 is 1.15 bits per heavy atom. The van der Waals surface area contributed by atoms with Crippen molar-refractivity contribution in [3.63, 3.8) is 0 Å². The van der Waals surface area contributed by atoms with E-state index < -0.39 is 0 Å². The summed E-state index contributed by atoms with van der Waals surface area (Å²) in [5.41, 5.74) is 46.4. The molecule has 0 bridgehead atoms. The Hall–Kier alpha value is -5.16. The minimum Gasteiger partial charge on any atom is -0.398 e. The normalized spacial score (nSPS) is 12.9. The number of para-hydroxylation sites is 2. The average Bonchev–Trinajstić information content (AvgIpc) is 3.47. The maximum Gasteiger partial charge on any atom is 0.0638 e. The molecule has 1 atom stereocenters. The Kier molecular flexibility index (Phi) is 41.8. The van der Waals surface area contributed by atoms with Crippen molar-refractivity contribution >= 4 is 80.9 Å². The molecule has 75 heavy (non-hydrogen) atoms. The van der Waals surface area contributed by atoms with Gasteiger partial charge in [0.05, 0.1) is 32.8 Å². The first kappa shape index (κ1) is 67.9. The third-order valence-corrected chi connectivity index (χ3v) is 11.4. The van der Waals surface area contributed by atoms with Crippen LogP contribution in [0.2, 0.25) is 10.0 Å². The quantitative estimate of drug-likeness (QED) is 0.0151. The number of benzene rings is 6. The Morgan fingerprint density at radius 1 is 0.480 bits per heavy atom. The Balaban J connectivity index is 0.000000456. The highest BCUT2D eigenvalue weighted by Crippen LogP contribution is 2.25. The fraction of sp³-hybridized carbons (Fsp3) is 0.333. The second-order valence-electron chi connectivity index (χ2n) is 16.4. The summed E-state index contributed by atoms with van der Waals surface area (Å²) in [7, 11) is 0. The molecule has 24 N–H and O–H groups in total. The first-order valence-electron chi connectivity index (χ1n) is 24.9. The molecule has 0 aromatic heterocycles. The predicted octanol–water partition coefficient (Wildman–Crippen LogP) is 8.22. The molecule has 0 aliphatic carbocycles. The highest BCUT2D eigenvalue weighted by atomic mass is 35.5. The van der Waals surface area contributed by atoms with Gasteiger partial charge >= 0.3 is 0 Å². The van der Waals surface area contributed by atoms with Crippen LogP contribution < -0.4 is 88.0 Å². The van der Waals surface area contributed by atoms with Crippen LogP contribution in [0.4, 0.5) is 34.1 Å². The van der Waals surface area contributed by atoms with Crippen molar-refractivity contribution in [3.8, 4) is 11.1 Å². The second kappa shape index (κ2) is 46.2. The van der Waals surface area contributed by atoms with Crippen molar-refractivity contribution < 1.29 is 4.94 Å². The van der Waals surface area contributed by atoms with Gasteiger partial charge in [0.1, 0.15) is 0 Å². The number of anilines is 6. The Morgan fingerprint density at radius 2 is 0.867 bits per heavy atom. The zero-order valence-electron chi connectivity index (χ0n) is 43.3. The molecule has 17 nitrogen and oxygen atoms in total. The largest absolute Gasteiger partial charge is 0.398 e. The summed E-state index contributed by atoms with van der Waals surface area (Å²) < 4.78 is 0. The molecular formula is C54H84Cl4N16O. The maximum atomic E-state index is 5.97. The summed E-state index contributed by atoms with van der Waals surface area (Å²) in [6.07, 6.45) is 5.54. The van der Waals surface area contributed by atoms with Gasteiger partial charge in [0.2, 0.25) is 0 Å². The van der Waals surface area contributed by atoms with E-state index in [0.717, 1.165) is 123 Å². The molecule has 6 aromatic carbocycles. The van der Waals surface area contributed by atoms with Gasteiger partial charge in [-0.15, -0.1) is 0 Å². The average molecular weight is 1120 g/mol. The van der Waals surface area contributed by atoms with Crippen LogP contribution in [0.1, 0.15) is 43.7 Å². The summed E-state index contributed by atoms with van der Waals surface area (Å²) in [4.78, 5) is 10.2. The molecule has 2 aliphatic heterocycles. The van der Waals surface area contributed by atoms with Crippen LogP contribution >= 0.6 is 46.8 Å². The van der Waals surface area contributed by atoms with Crippen molar-refractivity contribution in [3.05, 3.63) is 167 Å². The van der Waals surface area contributed by atoms with Crippen LogP contribution in [-0.4, -0.2) is 78.0 Å². The summed E-state index contributed by atoms with van der Waals surface area (Å²) in [5.74, 6) is 8.00. The second-order valence-corrected chi connectivity index (χ2v) is 17.6. The lowest BCUT2D eigenvalue weighted by Gasteiger charge is -2.19. The van der Waals surface area contributed by atoms with Crippen molar-refractivity contribution in [1.29, 1.82) is 0 Å². The molecule has 0 saturated carbocycles. The summed E-state index contributed by atoms with van der Waals surface area (Å²) in [5, 5.41) is 14.2. The van der Waals surface area contributed by atoms with Gasteiger partial charge in [-0.2, -0.15) is 4.94 Å². The summed E-state index contributed by atoms with van der Waals surface area (Å²) >= 11 is 22.9. The molecule has 2 saturated heterocycles. The van der Waals surface area contributed by atoms with Gasteiger partial charge in [0.15, 0.2) is 0 Å². The van der Waals surface area contributed by atoms with E-state index in [2.05, 4.69) is 60.5 Å². The standard InChI is InChI=1S/C13H12Cl2N2.C12H10Cl2N2.C12H12N2O.C6H16N2.C5H12N2.C4H10N2.C2H8N2.H4N2/c14-10-6-8(1-3-12(10)16)5-9-2-4-13(17)11(15)7-9;13-15-11-5-1-9(2-6-11)10-3-7-12(16-14)8-4-10;1-3-7-11(8-4-1)13-15-14-12-9-5-2-6-10-12;7-5-3-1-2-4-6-8;1-5-4-6-2-3-7-5;1-2-6-4-3-5-1;3-1-2-4;1-2/h1-4,6-7H,5,16-17H2;1-8,15-16H;1-10,13-14H;1-8H2;5-7H,2-4H2,1H3;5-6H,1-4H2;1-4H2;1-2H2. The van der Waals surface area contributed by atoms with E-state index in [1.54, 1.807) is 12.1 Å². The Labute approximate surface area is 466 Å². The van der Waals surface area contributed by atoms with Gasteiger partial charge < -0.3 is 55.7 Å². The van der Waals surface area contributed by atoms with Gasteiger partial charge in [-0.05, 0) is 134 Å². The lowest BCUT2D eigenvalue weighted by Crippen LogP contribution is -2.46. The van der Waals surface area contributed by atoms with E-state index in [4.69, 9.17) is 86.1 Å². The number of hydrogen-bond donors (Lipinski definition) is 16. The number of hydrazine groups is 1. The van der Waals surface area contributed by atoms with Gasteiger partial charge in [0, 0.05) is 99.9 Å². The van der Waals surface area contributed by atoms with Gasteiger partial charge in [-0.1, -0.05) is 109 Å². The highest BCUT2D eigenvalue weighted by molar-refractivity contribution is 6.33. The monoisotopic (exact) mass is 1110 g/mol. The third kappa shape index (κ3) is 34.2. The van der Waals surface area contributed by atoms with E-state index in [1.165, 1.54) is 12.8 Å². The smallest absolute Gasteiger partial charge is 0.0638 e. The fourth-order valence-electron chi connectivity index (χ4n) is 6.25. The SMILES string of the molecule is C1CNCCN1.CC1CNCCN1.ClNc1ccc(-c2ccc(NCl)cc2)cc1.NCCCCCCN.NCCN.NN.Nc1ccc(Cc2ccc(N)c(Cl)c2)cc1Cl.c1ccc(NONc2ccccc2)cc1. The number of halogens is 4. The zero-order chi connectivity index (χ0) is 55.2. The number of piperazine rings is 2. The van der Waals surface area contributed by atoms with Crippen molar-refractivity contribution in [2.24, 2.45) is 34.6 Å². The first-order valence-corrected chi connectivity index (χ1v) is 26.4. The topological polar surface area (TPSA) is 314 Å². The number of hydrogen-bond acceptors (Lipinski definition) is 17. The number of nitrogen functional groups attached to an aromatic ring is 2. The van der Waals surface area contributed by atoms with E-state index in [-0.39, 0.29) is 0 Å². The molecular weight excluding hydrogens is 1030 g/mol. The van der Waals surface area contributed by atoms with Gasteiger partial charge in [-0.3, -0.25) is 21.4 Å². The molecule has 2 aliphatic rings. The molecule has 6 aromatic rings. The summed E-state index contributed by atoms with van der Waals surface area (Å²) in [6, 6.07) is 47.0. The lowest BCUT2D eigenvalue weighted by atomic mass is 10.0. The van der Waals surface area contributed by atoms with Gasteiger partial charge in [-0.25, -0.2) is 11.0 Å². The van der Waals surface area contributed by atoms with Crippen LogP contribution in [0, 0.1) is 0 Å². The van der Waals surface area contributed by atoms with E-state index >= 15 is 0 Å². The van der Waals surface area contributed by atoms with Crippen LogP contribution in [-0.2, 0) is 11.4 Å². The molecule has 8 rings (SSSR count). The van der Waals surface area contributed by atoms with E-state index in [1.807, 2.05) is 133 Å². The molecule has 1 unspecified atom stereocenters. The zero-order valence-corrected chi connectivity index (χ0v) is 46.3. The minimum atomic E-state index is 0.573. The van der Waals surface area contributed by atoms with Crippen molar-refractivity contribution in [2.75, 3.05) is 104 Å². The van der Waals surface area contributed by atoms with Crippen LogP contribution in [0.3, 0.4) is 0 Å². The lowest BCUT2D eigenvalue weighted by molar-refractivity contribution is 0.264. The minimum absolute atomic E-state index is 0.573. The van der Waals surface area contributed by atoms with Crippen LogP contribution in [0.5, 0.6) is 0 Å². The molecule has 414 valence electrons. The van der Waals surface area contributed by atoms with Crippen molar-refractivity contribution in [2.45, 2.75) is 45.1 Å². The fourth-order valence-corrected chi connectivity index (χ4v) is 6.91. The molecule has 0 radical (unpaired) electrons. The number of rotatable bonds is 15. The summed E-state index contributed by atoms with van der Waals surface area (Å²) in [6.45, 7) is 13.0. The number of nitrogens with two attached hydrogens (primary N) is 8. The molecule has 0 spiro atoms. The molecule has 21 heteroatoms. The molecule has 0 amide bonds. The molecule has 2 heterocycles. The predicted molar refractivity (Wildman–Crippen MR) is 326 cm³/mol. The van der Waals surface area contributed by atoms with Crippen LogP contribution in [0.15, 0.2) is 146 Å². The van der Waals surface area contributed by atoms with E-state index in [0.29, 0.717) is 40.6 Å². The maximum absolute atomic E-state index is 5.97.